The summed E-state index contributed by atoms with van der Waals surface area (Å²) in [6, 6.07) is 0. The molecule has 1 amide bonds. The molecule has 0 radical (unpaired) electrons. The normalized spacial score (nSPS) is 35.8. The van der Waals surface area contributed by atoms with Crippen LogP contribution in [0.2, 0.25) is 0 Å². The van der Waals surface area contributed by atoms with Gasteiger partial charge >= 0.3 is 0 Å². The van der Waals surface area contributed by atoms with Gasteiger partial charge in [-0.25, -0.2) is 0 Å². The SMILES string of the molecule is O=C(CNCC1CC2CCC1C2)N1CCCC1. The fourth-order valence-electron chi connectivity index (χ4n) is 4.07. The molecule has 2 bridgehead atoms. The molecule has 3 fully saturated rings. The minimum absolute atomic E-state index is 0.311. The lowest BCUT2D eigenvalue weighted by molar-refractivity contribution is -0.129. The number of carbonyl (C=O) groups is 1. The highest BCUT2D eigenvalue weighted by Crippen LogP contribution is 2.47. The number of nitrogens with zero attached hydrogens (tertiary/aromatic N) is 1. The van der Waals surface area contributed by atoms with Crippen LogP contribution in [0.4, 0.5) is 0 Å². The first-order valence-corrected chi connectivity index (χ1v) is 7.31. The molecular weight excluding hydrogens is 212 g/mol. The Bertz CT molecular complexity index is 286. The van der Waals surface area contributed by atoms with E-state index in [4.69, 9.17) is 0 Å². The Morgan fingerprint density at radius 2 is 2.00 bits per heavy atom. The number of hydrogen-bond acceptors (Lipinski definition) is 2. The van der Waals surface area contributed by atoms with Crippen molar-refractivity contribution in [3.63, 3.8) is 0 Å². The highest BCUT2D eigenvalue weighted by Gasteiger charge is 2.38. The van der Waals surface area contributed by atoms with Gasteiger partial charge in [-0.05, 0) is 56.4 Å². The summed E-state index contributed by atoms with van der Waals surface area (Å²) in [4.78, 5) is 13.9. The molecule has 1 heterocycles. The van der Waals surface area contributed by atoms with Crippen LogP contribution in [-0.4, -0.2) is 37.0 Å². The molecule has 1 N–H and O–H groups in total. The first-order valence-electron chi connectivity index (χ1n) is 7.31. The third-order valence-corrected chi connectivity index (χ3v) is 5.03. The minimum atomic E-state index is 0.311. The van der Waals surface area contributed by atoms with Gasteiger partial charge in [0.1, 0.15) is 0 Å². The van der Waals surface area contributed by atoms with E-state index in [1.165, 1.54) is 38.5 Å². The van der Waals surface area contributed by atoms with E-state index in [1.54, 1.807) is 0 Å². The lowest BCUT2D eigenvalue weighted by atomic mass is 9.89. The molecule has 3 atom stereocenters. The summed E-state index contributed by atoms with van der Waals surface area (Å²) >= 11 is 0. The molecule has 0 aromatic carbocycles. The molecule has 3 heteroatoms. The van der Waals surface area contributed by atoms with Crippen molar-refractivity contribution in [1.29, 1.82) is 0 Å². The minimum Gasteiger partial charge on any atom is -0.342 e. The molecule has 2 aliphatic carbocycles. The first kappa shape index (κ1) is 11.5. The Balaban J connectivity index is 1.36. The number of likely N-dealkylation sites (tertiary alicyclic amines) is 1. The van der Waals surface area contributed by atoms with Crippen molar-refractivity contribution < 1.29 is 4.79 Å². The van der Waals surface area contributed by atoms with Crippen LogP contribution in [0.15, 0.2) is 0 Å². The number of amides is 1. The smallest absolute Gasteiger partial charge is 0.236 e. The second kappa shape index (κ2) is 4.97. The van der Waals surface area contributed by atoms with Crippen LogP contribution in [0.3, 0.4) is 0 Å². The third kappa shape index (κ3) is 2.49. The van der Waals surface area contributed by atoms with Gasteiger partial charge in [-0.15, -0.1) is 0 Å². The van der Waals surface area contributed by atoms with Gasteiger partial charge in [0, 0.05) is 13.1 Å². The summed E-state index contributed by atoms with van der Waals surface area (Å²) in [6.45, 7) is 3.60. The van der Waals surface area contributed by atoms with Gasteiger partial charge in [0.2, 0.25) is 5.91 Å². The summed E-state index contributed by atoms with van der Waals surface area (Å²) in [5, 5.41) is 3.40. The van der Waals surface area contributed by atoms with E-state index in [2.05, 4.69) is 5.32 Å². The zero-order chi connectivity index (χ0) is 11.7. The number of hydrogen-bond donors (Lipinski definition) is 1. The quantitative estimate of drug-likeness (QED) is 0.804. The first-order chi connectivity index (χ1) is 8.33. The predicted octanol–water partition coefficient (Wildman–Crippen LogP) is 1.63. The van der Waals surface area contributed by atoms with E-state index in [0.717, 1.165) is 37.4 Å². The molecular formula is C14H24N2O. The monoisotopic (exact) mass is 236 g/mol. The van der Waals surface area contributed by atoms with E-state index in [0.29, 0.717) is 12.5 Å². The van der Waals surface area contributed by atoms with Crippen molar-refractivity contribution in [1.82, 2.24) is 10.2 Å². The fourth-order valence-corrected chi connectivity index (χ4v) is 4.07. The molecule has 0 aromatic heterocycles. The molecule has 0 aromatic rings. The van der Waals surface area contributed by atoms with E-state index >= 15 is 0 Å². The van der Waals surface area contributed by atoms with Gasteiger partial charge in [0.25, 0.3) is 0 Å². The molecule has 3 nitrogen and oxygen atoms in total. The topological polar surface area (TPSA) is 32.3 Å². The van der Waals surface area contributed by atoms with Crippen LogP contribution in [0.25, 0.3) is 0 Å². The van der Waals surface area contributed by atoms with Gasteiger partial charge in [-0.3, -0.25) is 4.79 Å². The fraction of sp³-hybridized carbons (Fsp3) is 0.929. The number of rotatable bonds is 4. The maximum atomic E-state index is 11.8. The lowest BCUT2D eigenvalue weighted by Crippen LogP contribution is -2.38. The summed E-state index contributed by atoms with van der Waals surface area (Å²) in [6.07, 6.45) is 8.17. The standard InChI is InChI=1S/C14H24N2O/c17-14(16-5-1-2-6-16)10-15-9-13-8-11-3-4-12(13)7-11/h11-13,15H,1-10H2. The van der Waals surface area contributed by atoms with E-state index in [-0.39, 0.29) is 0 Å². The van der Waals surface area contributed by atoms with Crippen molar-refractivity contribution in [2.75, 3.05) is 26.2 Å². The number of fused-ring (bicyclic) bond motifs is 2. The van der Waals surface area contributed by atoms with Crippen molar-refractivity contribution in [3.05, 3.63) is 0 Å². The van der Waals surface area contributed by atoms with E-state index in [1.807, 2.05) is 4.90 Å². The lowest BCUT2D eigenvalue weighted by Gasteiger charge is -2.22. The Morgan fingerprint density at radius 3 is 2.65 bits per heavy atom. The summed E-state index contributed by atoms with van der Waals surface area (Å²) in [5.74, 6) is 3.15. The molecule has 1 aliphatic heterocycles. The molecule has 3 rings (SSSR count). The summed E-state index contributed by atoms with van der Waals surface area (Å²) in [7, 11) is 0. The van der Waals surface area contributed by atoms with Crippen LogP contribution in [0.1, 0.15) is 38.5 Å². The number of nitrogens with one attached hydrogen (secondary N) is 1. The molecule has 0 spiro atoms. The van der Waals surface area contributed by atoms with Crippen LogP contribution in [0, 0.1) is 17.8 Å². The zero-order valence-electron chi connectivity index (χ0n) is 10.7. The Labute approximate surface area is 104 Å². The highest BCUT2D eigenvalue weighted by atomic mass is 16.2. The van der Waals surface area contributed by atoms with Crippen molar-refractivity contribution in [3.8, 4) is 0 Å². The molecule has 17 heavy (non-hydrogen) atoms. The van der Waals surface area contributed by atoms with Crippen molar-refractivity contribution >= 4 is 5.91 Å². The predicted molar refractivity (Wildman–Crippen MR) is 67.6 cm³/mol. The van der Waals surface area contributed by atoms with Gasteiger partial charge in [0.15, 0.2) is 0 Å². The van der Waals surface area contributed by atoms with Crippen LogP contribution in [-0.2, 0) is 4.79 Å². The second-order valence-electron chi connectivity index (χ2n) is 6.15. The number of carbonyl (C=O) groups excluding carboxylic acids is 1. The van der Waals surface area contributed by atoms with Gasteiger partial charge < -0.3 is 10.2 Å². The Hall–Kier alpha value is -0.570. The van der Waals surface area contributed by atoms with Crippen molar-refractivity contribution in [2.45, 2.75) is 38.5 Å². The van der Waals surface area contributed by atoms with Crippen LogP contribution >= 0.6 is 0 Å². The summed E-state index contributed by atoms with van der Waals surface area (Å²) < 4.78 is 0. The average Bonchev–Trinajstić information content (AvgIpc) is 3.06. The third-order valence-electron chi connectivity index (χ3n) is 5.03. The van der Waals surface area contributed by atoms with E-state index < -0.39 is 0 Å². The molecule has 1 saturated heterocycles. The maximum absolute atomic E-state index is 11.8. The van der Waals surface area contributed by atoms with Gasteiger partial charge in [-0.1, -0.05) is 6.42 Å². The van der Waals surface area contributed by atoms with Gasteiger partial charge in [0.05, 0.1) is 6.54 Å². The maximum Gasteiger partial charge on any atom is 0.236 e. The van der Waals surface area contributed by atoms with Crippen LogP contribution < -0.4 is 5.32 Å². The average molecular weight is 236 g/mol. The molecule has 3 aliphatic rings. The molecule has 96 valence electrons. The molecule has 3 unspecified atom stereocenters. The van der Waals surface area contributed by atoms with E-state index in [9.17, 15) is 4.79 Å². The molecule has 2 saturated carbocycles. The zero-order valence-corrected chi connectivity index (χ0v) is 10.7. The highest BCUT2D eigenvalue weighted by molar-refractivity contribution is 5.78. The Morgan fingerprint density at radius 1 is 1.18 bits per heavy atom. The Kier molecular flexibility index (Phi) is 3.37. The van der Waals surface area contributed by atoms with Crippen molar-refractivity contribution in [2.24, 2.45) is 17.8 Å². The van der Waals surface area contributed by atoms with Crippen LogP contribution in [0.5, 0.6) is 0 Å². The second-order valence-corrected chi connectivity index (χ2v) is 6.15. The van der Waals surface area contributed by atoms with Gasteiger partial charge in [-0.2, -0.15) is 0 Å². The summed E-state index contributed by atoms with van der Waals surface area (Å²) in [5.41, 5.74) is 0. The largest absolute Gasteiger partial charge is 0.342 e.